The Labute approximate surface area is 111 Å². The fourth-order valence-corrected chi connectivity index (χ4v) is 1.74. The molecule has 0 unspecified atom stereocenters. The molecule has 0 saturated heterocycles. The molecule has 102 valence electrons. The fourth-order valence-electron chi connectivity index (χ4n) is 1.74. The van der Waals surface area contributed by atoms with E-state index < -0.39 is 0 Å². The molecular formula is C14H17NO4. The number of hydrogen-bond acceptors (Lipinski definition) is 5. The predicted octanol–water partition coefficient (Wildman–Crippen LogP) is 2.40. The second-order valence-electron chi connectivity index (χ2n) is 3.95. The molecule has 0 atom stereocenters. The molecule has 1 heterocycles. The van der Waals surface area contributed by atoms with E-state index in [1.165, 1.54) is 0 Å². The lowest BCUT2D eigenvalue weighted by molar-refractivity contribution is 0.244. The molecule has 0 aliphatic rings. The van der Waals surface area contributed by atoms with Crippen LogP contribution in [0.15, 0.2) is 34.7 Å². The summed E-state index contributed by atoms with van der Waals surface area (Å²) in [7, 11) is 3.20. The van der Waals surface area contributed by atoms with E-state index in [1.807, 2.05) is 24.3 Å². The largest absolute Gasteiger partial charge is 0.493 e. The number of furan rings is 1. The molecule has 5 heteroatoms. The second-order valence-corrected chi connectivity index (χ2v) is 3.95. The van der Waals surface area contributed by atoms with Crippen LogP contribution in [0, 0.1) is 0 Å². The van der Waals surface area contributed by atoms with Gasteiger partial charge >= 0.3 is 0 Å². The lowest BCUT2D eigenvalue weighted by Crippen LogP contribution is -1.99. The third-order valence-corrected chi connectivity index (χ3v) is 2.72. The lowest BCUT2D eigenvalue weighted by Gasteiger charge is -2.10. The molecule has 1 aromatic heterocycles. The number of nitrogens with one attached hydrogen (secondary N) is 1. The molecule has 0 saturated carbocycles. The number of hydrogen-bond donors (Lipinski definition) is 2. The van der Waals surface area contributed by atoms with E-state index in [0.29, 0.717) is 23.8 Å². The normalized spacial score (nSPS) is 10.3. The molecule has 2 aromatic rings. The summed E-state index contributed by atoms with van der Waals surface area (Å²) in [6.07, 6.45) is 0. The van der Waals surface area contributed by atoms with Crippen LogP contribution >= 0.6 is 0 Å². The van der Waals surface area contributed by atoms with E-state index in [-0.39, 0.29) is 6.61 Å². The maximum atomic E-state index is 8.92. The van der Waals surface area contributed by atoms with Crippen LogP contribution in [0.4, 0.5) is 5.69 Å². The van der Waals surface area contributed by atoms with Gasteiger partial charge in [-0.15, -0.1) is 0 Å². The Kier molecular flexibility index (Phi) is 4.30. The van der Waals surface area contributed by atoms with Crippen LogP contribution in [0.5, 0.6) is 11.5 Å². The number of rotatable bonds is 6. The first-order valence-electron chi connectivity index (χ1n) is 5.91. The van der Waals surface area contributed by atoms with Crippen molar-refractivity contribution >= 4 is 5.69 Å². The van der Waals surface area contributed by atoms with Crippen molar-refractivity contribution in [3.05, 3.63) is 41.9 Å². The van der Waals surface area contributed by atoms with Gasteiger partial charge in [-0.1, -0.05) is 0 Å². The Balaban J connectivity index is 2.03. The smallest absolute Gasteiger partial charge is 0.162 e. The maximum absolute atomic E-state index is 8.92. The summed E-state index contributed by atoms with van der Waals surface area (Å²) in [5.74, 6) is 2.68. The van der Waals surface area contributed by atoms with Gasteiger partial charge < -0.3 is 24.3 Å². The van der Waals surface area contributed by atoms with Crippen molar-refractivity contribution in [2.24, 2.45) is 0 Å². The van der Waals surface area contributed by atoms with Crippen LogP contribution in [0.2, 0.25) is 0 Å². The number of aliphatic hydroxyl groups is 1. The highest BCUT2D eigenvalue weighted by molar-refractivity contribution is 5.54. The quantitative estimate of drug-likeness (QED) is 0.838. The minimum absolute atomic E-state index is 0.0869. The highest BCUT2D eigenvalue weighted by atomic mass is 16.5. The molecule has 0 fully saturated rings. The van der Waals surface area contributed by atoms with E-state index in [4.69, 9.17) is 19.0 Å². The van der Waals surface area contributed by atoms with Gasteiger partial charge in [-0.25, -0.2) is 0 Å². The molecule has 0 radical (unpaired) electrons. The summed E-state index contributed by atoms with van der Waals surface area (Å²) >= 11 is 0. The highest BCUT2D eigenvalue weighted by Gasteiger charge is 2.05. The Bertz CT molecular complexity index is 536. The zero-order valence-electron chi connectivity index (χ0n) is 11.0. The van der Waals surface area contributed by atoms with Gasteiger partial charge in [0.2, 0.25) is 0 Å². The SMILES string of the molecule is COc1ccc(NCc2ccc(CO)o2)cc1OC. The van der Waals surface area contributed by atoms with Crippen molar-refractivity contribution < 1.29 is 19.0 Å². The van der Waals surface area contributed by atoms with Crippen molar-refractivity contribution in [2.45, 2.75) is 13.2 Å². The van der Waals surface area contributed by atoms with Gasteiger partial charge in [-0.05, 0) is 24.3 Å². The summed E-state index contributed by atoms with van der Waals surface area (Å²) in [4.78, 5) is 0. The zero-order valence-corrected chi connectivity index (χ0v) is 11.0. The van der Waals surface area contributed by atoms with Gasteiger partial charge in [-0.3, -0.25) is 0 Å². The van der Waals surface area contributed by atoms with Crippen LogP contribution in [0.1, 0.15) is 11.5 Å². The average Bonchev–Trinajstić information content (AvgIpc) is 2.92. The predicted molar refractivity (Wildman–Crippen MR) is 71.5 cm³/mol. The Morgan fingerprint density at radius 1 is 1.05 bits per heavy atom. The molecule has 2 rings (SSSR count). The van der Waals surface area contributed by atoms with Gasteiger partial charge in [0, 0.05) is 11.8 Å². The molecule has 0 bridgehead atoms. The van der Waals surface area contributed by atoms with Crippen molar-refractivity contribution in [2.75, 3.05) is 19.5 Å². The fraction of sp³-hybridized carbons (Fsp3) is 0.286. The summed E-state index contributed by atoms with van der Waals surface area (Å²) < 4.78 is 15.8. The summed E-state index contributed by atoms with van der Waals surface area (Å²) in [6.45, 7) is 0.450. The minimum atomic E-state index is -0.0869. The van der Waals surface area contributed by atoms with Crippen LogP contribution in [-0.2, 0) is 13.2 Å². The molecule has 2 N–H and O–H groups in total. The van der Waals surface area contributed by atoms with Crippen molar-refractivity contribution in [3.8, 4) is 11.5 Å². The van der Waals surface area contributed by atoms with Crippen LogP contribution in [-0.4, -0.2) is 19.3 Å². The first-order valence-corrected chi connectivity index (χ1v) is 5.91. The Hall–Kier alpha value is -2.14. The van der Waals surface area contributed by atoms with Crippen LogP contribution in [0.25, 0.3) is 0 Å². The van der Waals surface area contributed by atoms with Crippen LogP contribution in [0.3, 0.4) is 0 Å². The van der Waals surface area contributed by atoms with Gasteiger partial charge in [0.05, 0.1) is 20.8 Å². The summed E-state index contributed by atoms with van der Waals surface area (Å²) in [5, 5.41) is 12.1. The molecule has 0 spiro atoms. The van der Waals surface area contributed by atoms with Gasteiger partial charge in [0.15, 0.2) is 11.5 Å². The second kappa shape index (κ2) is 6.15. The first-order chi connectivity index (χ1) is 9.26. The summed E-state index contributed by atoms with van der Waals surface area (Å²) in [5.41, 5.74) is 0.902. The standard InChI is InChI=1S/C14H17NO4/c1-17-13-6-3-10(7-14(13)18-2)15-8-11-4-5-12(9-16)19-11/h3-7,15-16H,8-9H2,1-2H3. The third kappa shape index (κ3) is 3.20. The van der Waals surface area contributed by atoms with Crippen molar-refractivity contribution in [3.63, 3.8) is 0 Å². The van der Waals surface area contributed by atoms with Gasteiger partial charge in [0.1, 0.15) is 18.1 Å². The average molecular weight is 263 g/mol. The molecule has 0 aliphatic carbocycles. The lowest BCUT2D eigenvalue weighted by atomic mass is 10.2. The number of anilines is 1. The minimum Gasteiger partial charge on any atom is -0.493 e. The number of benzene rings is 1. The maximum Gasteiger partial charge on any atom is 0.162 e. The van der Waals surface area contributed by atoms with Gasteiger partial charge in [-0.2, -0.15) is 0 Å². The van der Waals surface area contributed by atoms with Crippen LogP contribution < -0.4 is 14.8 Å². The monoisotopic (exact) mass is 263 g/mol. The first kappa shape index (κ1) is 13.3. The highest BCUT2D eigenvalue weighted by Crippen LogP contribution is 2.29. The van der Waals surface area contributed by atoms with E-state index >= 15 is 0 Å². The number of aliphatic hydroxyl groups excluding tert-OH is 1. The third-order valence-electron chi connectivity index (χ3n) is 2.72. The summed E-state index contributed by atoms with van der Waals surface area (Å²) in [6, 6.07) is 9.18. The molecule has 1 aromatic carbocycles. The van der Waals surface area contributed by atoms with E-state index in [2.05, 4.69) is 5.32 Å². The Morgan fingerprint density at radius 2 is 1.79 bits per heavy atom. The van der Waals surface area contributed by atoms with E-state index in [0.717, 1.165) is 11.4 Å². The molecular weight excluding hydrogens is 246 g/mol. The Morgan fingerprint density at radius 3 is 2.42 bits per heavy atom. The number of ether oxygens (including phenoxy) is 2. The van der Waals surface area contributed by atoms with Gasteiger partial charge in [0.25, 0.3) is 0 Å². The number of methoxy groups -OCH3 is 2. The zero-order chi connectivity index (χ0) is 13.7. The van der Waals surface area contributed by atoms with Crippen molar-refractivity contribution in [1.29, 1.82) is 0 Å². The van der Waals surface area contributed by atoms with E-state index in [9.17, 15) is 0 Å². The molecule has 0 amide bonds. The molecule has 5 nitrogen and oxygen atoms in total. The molecule has 0 aliphatic heterocycles. The van der Waals surface area contributed by atoms with Crippen molar-refractivity contribution in [1.82, 2.24) is 0 Å². The topological polar surface area (TPSA) is 63.9 Å². The molecule has 19 heavy (non-hydrogen) atoms. The van der Waals surface area contributed by atoms with E-state index in [1.54, 1.807) is 20.3 Å².